The lowest BCUT2D eigenvalue weighted by Crippen LogP contribution is -2.15. The van der Waals surface area contributed by atoms with Crippen molar-refractivity contribution < 1.29 is 19.1 Å². The number of hydrogen-bond acceptors (Lipinski definition) is 4. The molecule has 0 aliphatic rings. The number of aromatic nitrogens is 1. The lowest BCUT2D eigenvalue weighted by atomic mass is 10.1. The molecule has 126 valence electrons. The van der Waals surface area contributed by atoms with Gasteiger partial charge in [-0.1, -0.05) is 30.3 Å². The van der Waals surface area contributed by atoms with E-state index in [9.17, 15) is 14.4 Å². The largest absolute Gasteiger partial charge is 0.465 e. The second-order valence-electron chi connectivity index (χ2n) is 5.44. The Balaban J connectivity index is 2.02. The molecule has 0 radical (unpaired) electrons. The van der Waals surface area contributed by atoms with Crippen molar-refractivity contribution in [3.05, 3.63) is 65.9 Å². The lowest BCUT2D eigenvalue weighted by Gasteiger charge is -2.09. The smallest absolute Gasteiger partial charge is 0.339 e. The predicted molar refractivity (Wildman–Crippen MR) is 94.0 cm³/mol. The van der Waals surface area contributed by atoms with Crippen molar-refractivity contribution in [3.63, 3.8) is 0 Å². The van der Waals surface area contributed by atoms with Gasteiger partial charge in [-0.2, -0.15) is 0 Å². The van der Waals surface area contributed by atoms with Gasteiger partial charge >= 0.3 is 5.97 Å². The van der Waals surface area contributed by atoms with Crippen molar-refractivity contribution in [3.8, 4) is 0 Å². The molecule has 0 aliphatic carbocycles. The number of ether oxygens (including phenoxy) is 1. The first kappa shape index (κ1) is 16.4. The Labute approximate surface area is 144 Å². The average Bonchev–Trinajstić information content (AvgIpc) is 3.01. The fourth-order valence-corrected chi connectivity index (χ4v) is 2.69. The van der Waals surface area contributed by atoms with Gasteiger partial charge < -0.3 is 10.1 Å². The molecule has 0 spiro atoms. The minimum Gasteiger partial charge on any atom is -0.465 e. The van der Waals surface area contributed by atoms with Crippen molar-refractivity contribution in [2.45, 2.75) is 6.92 Å². The summed E-state index contributed by atoms with van der Waals surface area (Å²) in [5.74, 6) is -1.14. The molecule has 0 saturated carbocycles. The zero-order valence-electron chi connectivity index (χ0n) is 13.8. The van der Waals surface area contributed by atoms with Crippen molar-refractivity contribution in [1.29, 1.82) is 0 Å². The van der Waals surface area contributed by atoms with Gasteiger partial charge in [0.25, 0.3) is 5.91 Å². The van der Waals surface area contributed by atoms with Gasteiger partial charge in [-0.05, 0) is 18.2 Å². The molecule has 0 atom stereocenters. The van der Waals surface area contributed by atoms with Crippen LogP contribution in [0.15, 0.2) is 54.7 Å². The SMILES string of the molecule is COC(=O)c1ccccc1NC(=O)c1cn(C(C)=O)c2ccccc12. The molecule has 1 heterocycles. The lowest BCUT2D eigenvalue weighted by molar-refractivity contribution is 0.0601. The van der Waals surface area contributed by atoms with E-state index in [0.717, 1.165) is 0 Å². The molecule has 1 aromatic heterocycles. The minimum absolute atomic E-state index is 0.190. The van der Waals surface area contributed by atoms with Crippen LogP contribution in [0.25, 0.3) is 10.9 Å². The summed E-state index contributed by atoms with van der Waals surface area (Å²) < 4.78 is 6.16. The highest BCUT2D eigenvalue weighted by Gasteiger charge is 2.19. The Morgan fingerprint density at radius 1 is 0.960 bits per heavy atom. The van der Waals surface area contributed by atoms with E-state index in [1.54, 1.807) is 48.5 Å². The number of carbonyl (C=O) groups is 3. The summed E-state index contributed by atoms with van der Waals surface area (Å²) in [7, 11) is 1.28. The summed E-state index contributed by atoms with van der Waals surface area (Å²) >= 11 is 0. The number of esters is 1. The van der Waals surface area contributed by atoms with Crippen LogP contribution in [0.5, 0.6) is 0 Å². The van der Waals surface area contributed by atoms with Crippen LogP contribution in [0.3, 0.4) is 0 Å². The van der Waals surface area contributed by atoms with Gasteiger partial charge in [-0.3, -0.25) is 14.2 Å². The molecule has 0 fully saturated rings. The number of amides is 1. The van der Waals surface area contributed by atoms with Crippen LogP contribution >= 0.6 is 0 Å². The van der Waals surface area contributed by atoms with Crippen molar-refractivity contribution >= 4 is 34.4 Å². The van der Waals surface area contributed by atoms with Crippen LogP contribution in [0.4, 0.5) is 5.69 Å². The molecule has 25 heavy (non-hydrogen) atoms. The molecule has 0 bridgehead atoms. The van der Waals surface area contributed by atoms with Gasteiger partial charge in [0, 0.05) is 18.5 Å². The predicted octanol–water partition coefficient (Wildman–Crippen LogP) is 3.34. The number of rotatable bonds is 3. The first-order valence-electron chi connectivity index (χ1n) is 7.62. The summed E-state index contributed by atoms with van der Waals surface area (Å²) in [5.41, 5.74) is 1.61. The number of fused-ring (bicyclic) bond motifs is 1. The zero-order valence-corrected chi connectivity index (χ0v) is 13.8. The van der Waals surface area contributed by atoms with E-state index in [0.29, 0.717) is 22.2 Å². The fraction of sp³-hybridized carbons (Fsp3) is 0.105. The van der Waals surface area contributed by atoms with E-state index < -0.39 is 11.9 Å². The molecule has 0 aliphatic heterocycles. The number of para-hydroxylation sites is 2. The molecule has 0 saturated heterocycles. The highest BCUT2D eigenvalue weighted by molar-refractivity contribution is 6.15. The molecule has 6 heteroatoms. The van der Waals surface area contributed by atoms with E-state index in [-0.39, 0.29) is 11.5 Å². The average molecular weight is 336 g/mol. The third-order valence-electron chi connectivity index (χ3n) is 3.88. The topological polar surface area (TPSA) is 77.4 Å². The molecule has 0 unspecified atom stereocenters. The van der Waals surface area contributed by atoms with Gasteiger partial charge in [0.15, 0.2) is 0 Å². The Bertz CT molecular complexity index is 988. The molecule has 1 N–H and O–H groups in total. The number of hydrogen-bond donors (Lipinski definition) is 1. The molecular formula is C19H16N2O4. The maximum atomic E-state index is 12.7. The molecule has 3 rings (SSSR count). The standard InChI is InChI=1S/C19H16N2O4/c1-12(22)21-11-15(13-7-4-6-10-17(13)21)18(23)20-16-9-5-3-8-14(16)19(24)25-2/h3-11H,1-2H3,(H,20,23). The van der Waals surface area contributed by atoms with Gasteiger partial charge in [0.1, 0.15) is 0 Å². The number of carbonyl (C=O) groups excluding carboxylic acids is 3. The van der Waals surface area contributed by atoms with Gasteiger partial charge in [-0.25, -0.2) is 4.79 Å². The van der Waals surface area contributed by atoms with E-state index in [2.05, 4.69) is 5.32 Å². The first-order chi connectivity index (χ1) is 12.0. The maximum absolute atomic E-state index is 12.7. The summed E-state index contributed by atoms with van der Waals surface area (Å²) in [5, 5.41) is 3.38. The number of methoxy groups -OCH3 is 1. The zero-order chi connectivity index (χ0) is 18.0. The van der Waals surface area contributed by atoms with E-state index in [1.807, 2.05) is 0 Å². The van der Waals surface area contributed by atoms with E-state index >= 15 is 0 Å². The minimum atomic E-state index is -0.540. The van der Waals surface area contributed by atoms with Crippen molar-refractivity contribution in [1.82, 2.24) is 4.57 Å². The summed E-state index contributed by atoms with van der Waals surface area (Å²) in [4.78, 5) is 36.4. The number of anilines is 1. The van der Waals surface area contributed by atoms with Crippen LogP contribution in [-0.4, -0.2) is 29.5 Å². The van der Waals surface area contributed by atoms with Crippen LogP contribution in [0, 0.1) is 0 Å². The maximum Gasteiger partial charge on any atom is 0.339 e. The number of nitrogens with zero attached hydrogens (tertiary/aromatic N) is 1. The molecule has 6 nitrogen and oxygen atoms in total. The van der Waals surface area contributed by atoms with Gasteiger partial charge in [-0.15, -0.1) is 0 Å². The normalized spacial score (nSPS) is 10.5. The van der Waals surface area contributed by atoms with Crippen LogP contribution in [0.2, 0.25) is 0 Å². The molecule has 3 aromatic rings. The third kappa shape index (κ3) is 3.01. The molecule has 2 aromatic carbocycles. The second kappa shape index (κ2) is 6.60. The number of nitrogens with one attached hydrogen (secondary N) is 1. The van der Waals surface area contributed by atoms with Crippen molar-refractivity contribution in [2.24, 2.45) is 0 Å². The highest BCUT2D eigenvalue weighted by Crippen LogP contribution is 2.23. The first-order valence-corrected chi connectivity index (χ1v) is 7.62. The molecule has 1 amide bonds. The molecular weight excluding hydrogens is 320 g/mol. The monoisotopic (exact) mass is 336 g/mol. The van der Waals surface area contributed by atoms with Gasteiger partial charge in [0.05, 0.1) is 29.4 Å². The fourth-order valence-electron chi connectivity index (χ4n) is 2.69. The Morgan fingerprint density at radius 3 is 2.36 bits per heavy atom. The van der Waals surface area contributed by atoms with Crippen molar-refractivity contribution in [2.75, 3.05) is 12.4 Å². The van der Waals surface area contributed by atoms with Crippen LogP contribution in [0.1, 0.15) is 32.4 Å². The van der Waals surface area contributed by atoms with Gasteiger partial charge in [0.2, 0.25) is 5.91 Å². The van der Waals surface area contributed by atoms with Crippen LogP contribution < -0.4 is 5.32 Å². The Kier molecular flexibility index (Phi) is 4.35. The quantitative estimate of drug-likeness (QED) is 0.744. The number of benzene rings is 2. The highest BCUT2D eigenvalue weighted by atomic mass is 16.5. The van der Waals surface area contributed by atoms with E-state index in [1.165, 1.54) is 24.8 Å². The third-order valence-corrected chi connectivity index (χ3v) is 3.88. The summed E-state index contributed by atoms with van der Waals surface area (Å²) in [6.07, 6.45) is 1.50. The summed E-state index contributed by atoms with van der Waals surface area (Å²) in [6, 6.07) is 13.7. The Hall–Kier alpha value is -3.41. The van der Waals surface area contributed by atoms with Crippen LogP contribution in [-0.2, 0) is 4.74 Å². The van der Waals surface area contributed by atoms with E-state index in [4.69, 9.17) is 4.74 Å². The Morgan fingerprint density at radius 2 is 1.64 bits per heavy atom. The second-order valence-corrected chi connectivity index (χ2v) is 5.44. The summed E-state index contributed by atoms with van der Waals surface area (Å²) in [6.45, 7) is 1.43.